The zero-order valence-electron chi connectivity index (χ0n) is 24.0. The van der Waals surface area contributed by atoms with E-state index in [4.69, 9.17) is 10.7 Å². The van der Waals surface area contributed by atoms with Crippen LogP contribution < -0.4 is 5.73 Å². The first-order valence-electron chi connectivity index (χ1n) is 14.9. The summed E-state index contributed by atoms with van der Waals surface area (Å²) in [6.45, 7) is 6.45. The standard InChI is InChI=1S/C31H39F5N6/c1-2-24-28(5-3-4-12-38-29(24)37)41-15-8-21(9-16-41)30-39-27(22-6-7-25(26(33)19-22)31(34,35)36)20-42(30)18-17-40-13-10-23(32)11-14-40/h4,6-7,12,19-21,23H,2-3,5,8-11,13-18H2,1H3,(H2,37,38). The number of nitrogens with zero attached hydrogens (tertiary/aromatic N) is 5. The van der Waals surface area contributed by atoms with Crippen LogP contribution >= 0.6 is 0 Å². The lowest BCUT2D eigenvalue weighted by Crippen LogP contribution is -2.37. The maximum atomic E-state index is 14.5. The van der Waals surface area contributed by atoms with E-state index in [1.165, 1.54) is 11.8 Å². The predicted molar refractivity (Wildman–Crippen MR) is 154 cm³/mol. The zero-order valence-corrected chi connectivity index (χ0v) is 24.0. The maximum absolute atomic E-state index is 14.5. The minimum Gasteiger partial charge on any atom is -0.383 e. The molecule has 0 spiro atoms. The molecule has 0 bridgehead atoms. The number of halogens is 5. The van der Waals surface area contributed by atoms with Crippen LogP contribution in [0.3, 0.4) is 0 Å². The lowest BCUT2D eigenvalue weighted by molar-refractivity contribution is -0.139. The summed E-state index contributed by atoms with van der Waals surface area (Å²) in [6.07, 6.45) is 5.44. The molecule has 2 N–H and O–H groups in total. The minimum absolute atomic E-state index is 0.135. The van der Waals surface area contributed by atoms with E-state index < -0.39 is 23.7 Å². The van der Waals surface area contributed by atoms with E-state index in [0.717, 1.165) is 68.7 Å². The molecular weight excluding hydrogens is 551 g/mol. The molecule has 1 aromatic heterocycles. The number of aromatic nitrogens is 2. The lowest BCUT2D eigenvalue weighted by Gasteiger charge is -2.37. The summed E-state index contributed by atoms with van der Waals surface area (Å²) < 4.78 is 69.7. The van der Waals surface area contributed by atoms with Gasteiger partial charge in [0.1, 0.15) is 23.6 Å². The largest absolute Gasteiger partial charge is 0.419 e. The predicted octanol–water partition coefficient (Wildman–Crippen LogP) is 6.65. The zero-order chi connectivity index (χ0) is 29.9. The monoisotopic (exact) mass is 590 g/mol. The number of aliphatic imine (C=N–C) groups is 1. The Bertz CT molecular complexity index is 1330. The Morgan fingerprint density at radius 3 is 2.43 bits per heavy atom. The van der Waals surface area contributed by atoms with Crippen molar-refractivity contribution in [2.75, 3.05) is 32.7 Å². The molecule has 2 fully saturated rings. The van der Waals surface area contributed by atoms with Crippen LogP contribution in [-0.2, 0) is 12.7 Å². The van der Waals surface area contributed by atoms with Crippen molar-refractivity contribution in [3.8, 4) is 11.3 Å². The number of rotatable bonds is 7. The topological polar surface area (TPSA) is 62.7 Å². The molecule has 0 saturated carbocycles. The van der Waals surface area contributed by atoms with Gasteiger partial charge in [0, 0.05) is 74.4 Å². The number of likely N-dealkylation sites (tertiary alicyclic amines) is 2. The third-order valence-electron chi connectivity index (χ3n) is 8.67. The fraction of sp³-hybridized carbons (Fsp3) is 0.548. The Labute approximate surface area is 243 Å². The number of benzene rings is 1. The molecule has 42 heavy (non-hydrogen) atoms. The van der Waals surface area contributed by atoms with Crippen LogP contribution in [0.15, 0.2) is 52.9 Å². The number of piperidine rings is 2. The van der Waals surface area contributed by atoms with Gasteiger partial charge in [-0.05, 0) is 57.1 Å². The molecule has 3 aliphatic heterocycles. The highest BCUT2D eigenvalue weighted by atomic mass is 19.4. The normalized spacial score (nSPS) is 20.1. The van der Waals surface area contributed by atoms with Crippen LogP contribution in [0, 0.1) is 5.82 Å². The summed E-state index contributed by atoms with van der Waals surface area (Å²) in [5.41, 5.74) is 8.09. The first-order valence-corrected chi connectivity index (χ1v) is 14.9. The number of hydrogen-bond acceptors (Lipinski definition) is 5. The highest BCUT2D eigenvalue weighted by Gasteiger charge is 2.34. The summed E-state index contributed by atoms with van der Waals surface area (Å²) >= 11 is 0. The Balaban J connectivity index is 1.38. The van der Waals surface area contributed by atoms with E-state index >= 15 is 0 Å². The van der Waals surface area contributed by atoms with Gasteiger partial charge in [0.05, 0.1) is 11.3 Å². The maximum Gasteiger partial charge on any atom is 0.419 e. The van der Waals surface area contributed by atoms with E-state index in [1.54, 1.807) is 6.20 Å². The molecule has 2 saturated heterocycles. The molecule has 6 nitrogen and oxygen atoms in total. The van der Waals surface area contributed by atoms with Crippen LogP contribution in [0.4, 0.5) is 22.0 Å². The highest BCUT2D eigenvalue weighted by molar-refractivity contribution is 5.98. The lowest BCUT2D eigenvalue weighted by atomic mass is 9.93. The van der Waals surface area contributed by atoms with Gasteiger partial charge in [0.25, 0.3) is 0 Å². The molecule has 4 heterocycles. The molecule has 228 valence electrons. The van der Waals surface area contributed by atoms with Gasteiger partial charge in [-0.2, -0.15) is 13.2 Å². The SMILES string of the molecule is CCC1=C(N2CCC(c3nc(-c4ccc(C(F)(F)F)c(F)c4)cn3CCN3CCC(F)CC3)CC2)CCC=CN=C1N. The number of alkyl halides is 4. The summed E-state index contributed by atoms with van der Waals surface area (Å²) in [4.78, 5) is 13.9. The molecule has 0 aliphatic carbocycles. The van der Waals surface area contributed by atoms with Gasteiger partial charge in [-0.3, -0.25) is 0 Å². The number of nitrogens with two attached hydrogens (primary N) is 1. The van der Waals surface area contributed by atoms with Crippen LogP contribution in [-0.4, -0.2) is 64.1 Å². The Morgan fingerprint density at radius 1 is 1.02 bits per heavy atom. The second kappa shape index (κ2) is 13.0. The first kappa shape index (κ1) is 30.3. The van der Waals surface area contributed by atoms with Crippen molar-refractivity contribution in [3.05, 3.63) is 65.1 Å². The van der Waals surface area contributed by atoms with Crippen molar-refractivity contribution >= 4 is 5.84 Å². The van der Waals surface area contributed by atoms with Crippen LogP contribution in [0.25, 0.3) is 11.3 Å². The summed E-state index contributed by atoms with van der Waals surface area (Å²) in [5, 5.41) is 0. The van der Waals surface area contributed by atoms with Crippen LogP contribution in [0.5, 0.6) is 0 Å². The Morgan fingerprint density at radius 2 is 1.76 bits per heavy atom. The van der Waals surface area contributed by atoms with Gasteiger partial charge in [0.15, 0.2) is 0 Å². The molecule has 0 unspecified atom stereocenters. The van der Waals surface area contributed by atoms with Crippen molar-refractivity contribution in [3.63, 3.8) is 0 Å². The third-order valence-corrected chi connectivity index (χ3v) is 8.67. The first-order chi connectivity index (χ1) is 20.1. The Kier molecular flexibility index (Phi) is 9.35. The molecule has 0 amide bonds. The summed E-state index contributed by atoms with van der Waals surface area (Å²) in [7, 11) is 0. The minimum atomic E-state index is -4.76. The summed E-state index contributed by atoms with van der Waals surface area (Å²) in [6, 6.07) is 2.98. The molecule has 11 heteroatoms. The van der Waals surface area contributed by atoms with Crippen LogP contribution in [0.2, 0.25) is 0 Å². The fourth-order valence-corrected chi connectivity index (χ4v) is 6.30. The molecule has 3 aliphatic rings. The smallest absolute Gasteiger partial charge is 0.383 e. The average Bonchev–Trinajstić information content (AvgIpc) is 3.38. The van der Waals surface area contributed by atoms with E-state index in [0.29, 0.717) is 56.1 Å². The number of allylic oxidation sites excluding steroid dienone is 2. The van der Waals surface area contributed by atoms with Gasteiger partial charge in [0.2, 0.25) is 0 Å². The third kappa shape index (κ3) is 6.88. The van der Waals surface area contributed by atoms with Gasteiger partial charge in [-0.1, -0.05) is 19.1 Å². The fourth-order valence-electron chi connectivity index (χ4n) is 6.30. The van der Waals surface area contributed by atoms with Crippen molar-refractivity contribution in [1.82, 2.24) is 19.4 Å². The van der Waals surface area contributed by atoms with Crippen molar-refractivity contribution in [2.24, 2.45) is 10.7 Å². The number of hydrogen-bond donors (Lipinski definition) is 1. The molecule has 0 atom stereocenters. The second-order valence-corrected chi connectivity index (χ2v) is 11.4. The van der Waals surface area contributed by atoms with Gasteiger partial charge in [-0.25, -0.2) is 18.8 Å². The molecular formula is C31H39F5N6. The van der Waals surface area contributed by atoms with Crippen molar-refractivity contribution < 1.29 is 22.0 Å². The van der Waals surface area contributed by atoms with E-state index in [2.05, 4.69) is 26.3 Å². The average molecular weight is 591 g/mol. The van der Waals surface area contributed by atoms with E-state index in [1.807, 2.05) is 12.3 Å². The van der Waals surface area contributed by atoms with E-state index in [-0.39, 0.29) is 5.92 Å². The quantitative estimate of drug-likeness (QED) is 0.367. The number of imidazole rings is 1. The van der Waals surface area contributed by atoms with E-state index in [9.17, 15) is 22.0 Å². The Hall–Kier alpha value is -3.21. The molecule has 1 aromatic carbocycles. The van der Waals surface area contributed by atoms with Gasteiger partial charge < -0.3 is 20.1 Å². The highest BCUT2D eigenvalue weighted by Crippen LogP contribution is 2.36. The molecule has 2 aromatic rings. The molecule has 0 radical (unpaired) electrons. The number of amidine groups is 1. The van der Waals surface area contributed by atoms with Crippen molar-refractivity contribution in [1.29, 1.82) is 0 Å². The second-order valence-electron chi connectivity index (χ2n) is 11.4. The van der Waals surface area contributed by atoms with Crippen LogP contribution in [0.1, 0.15) is 69.2 Å². The molecule has 5 rings (SSSR count). The van der Waals surface area contributed by atoms with Gasteiger partial charge >= 0.3 is 6.18 Å². The summed E-state index contributed by atoms with van der Waals surface area (Å²) in [5.74, 6) is 0.245. The van der Waals surface area contributed by atoms with Crippen molar-refractivity contribution in [2.45, 2.75) is 76.7 Å². The van der Waals surface area contributed by atoms with Gasteiger partial charge in [-0.15, -0.1) is 0 Å².